The normalized spacial score (nSPS) is 10.4. The molecule has 0 bridgehead atoms. The van der Waals surface area contributed by atoms with E-state index < -0.39 is 0 Å². The van der Waals surface area contributed by atoms with Crippen LogP contribution in [0.4, 0.5) is 21.5 Å². The molecule has 0 atom stereocenters. The van der Waals surface area contributed by atoms with E-state index in [0.29, 0.717) is 17.9 Å². The molecule has 2 rings (SSSR count). The summed E-state index contributed by atoms with van der Waals surface area (Å²) in [6.07, 6.45) is 0. The van der Waals surface area contributed by atoms with Gasteiger partial charge in [-0.15, -0.1) is 0 Å². The molecule has 2 nitrogen and oxygen atoms in total. The molecule has 2 aromatic rings. The van der Waals surface area contributed by atoms with Gasteiger partial charge in [-0.1, -0.05) is 12.1 Å². The number of aryl methyl sites for hydroxylation is 1. The number of nitrogens with zero attached hydrogens (tertiary/aromatic N) is 1. The van der Waals surface area contributed by atoms with Crippen molar-refractivity contribution in [2.75, 3.05) is 17.2 Å². The van der Waals surface area contributed by atoms with Crippen LogP contribution >= 0.6 is 0 Å². The predicted octanol–water partition coefficient (Wildman–Crippen LogP) is 3.87. The van der Waals surface area contributed by atoms with Crippen LogP contribution in [0, 0.1) is 12.7 Å². The lowest BCUT2D eigenvalue weighted by atomic mass is 10.1. The van der Waals surface area contributed by atoms with Gasteiger partial charge in [0.2, 0.25) is 0 Å². The summed E-state index contributed by atoms with van der Waals surface area (Å²) in [5.74, 6) is -0.223. The van der Waals surface area contributed by atoms with E-state index in [4.69, 9.17) is 5.73 Å². The second kappa shape index (κ2) is 5.08. The summed E-state index contributed by atoms with van der Waals surface area (Å²) in [5, 5.41) is 0. The molecule has 0 aliphatic heterocycles. The summed E-state index contributed by atoms with van der Waals surface area (Å²) >= 11 is 0. The van der Waals surface area contributed by atoms with E-state index in [-0.39, 0.29) is 5.82 Å². The molecule has 18 heavy (non-hydrogen) atoms. The molecule has 3 heteroatoms. The number of nitrogen functional groups attached to an aromatic ring is 1. The Morgan fingerprint density at radius 1 is 1.17 bits per heavy atom. The maximum absolute atomic E-state index is 13.8. The van der Waals surface area contributed by atoms with Gasteiger partial charge in [-0.2, -0.15) is 0 Å². The van der Waals surface area contributed by atoms with Crippen molar-refractivity contribution in [1.82, 2.24) is 0 Å². The molecule has 94 valence electrons. The fraction of sp³-hybridized carbons (Fsp3) is 0.200. The van der Waals surface area contributed by atoms with Gasteiger partial charge < -0.3 is 10.6 Å². The van der Waals surface area contributed by atoms with Crippen molar-refractivity contribution in [1.29, 1.82) is 0 Å². The maximum Gasteiger partial charge on any atom is 0.146 e. The molecule has 0 spiro atoms. The largest absolute Gasteiger partial charge is 0.399 e. The molecular formula is C15H17FN2. The van der Waals surface area contributed by atoms with Gasteiger partial charge in [-0.25, -0.2) is 4.39 Å². The summed E-state index contributed by atoms with van der Waals surface area (Å²) in [5.41, 5.74) is 9.10. The summed E-state index contributed by atoms with van der Waals surface area (Å²) < 4.78 is 13.8. The SMILES string of the molecule is CCN(c1cc(C)cc(N)c1)c1ccccc1F. The van der Waals surface area contributed by atoms with Gasteiger partial charge in [0.15, 0.2) is 0 Å². The Morgan fingerprint density at radius 2 is 1.89 bits per heavy atom. The van der Waals surface area contributed by atoms with Crippen molar-refractivity contribution in [3.63, 3.8) is 0 Å². The van der Waals surface area contributed by atoms with Gasteiger partial charge in [0.05, 0.1) is 5.69 Å². The van der Waals surface area contributed by atoms with Gasteiger partial charge in [0, 0.05) is 17.9 Å². The van der Waals surface area contributed by atoms with Crippen LogP contribution < -0.4 is 10.6 Å². The average molecular weight is 244 g/mol. The average Bonchev–Trinajstić information content (AvgIpc) is 2.31. The number of hydrogen-bond acceptors (Lipinski definition) is 2. The maximum atomic E-state index is 13.8. The van der Waals surface area contributed by atoms with Crippen molar-refractivity contribution >= 4 is 17.1 Å². The van der Waals surface area contributed by atoms with Crippen LogP contribution in [0.3, 0.4) is 0 Å². The van der Waals surface area contributed by atoms with Crippen LogP contribution in [0.1, 0.15) is 12.5 Å². The molecule has 0 saturated heterocycles. The Hall–Kier alpha value is -2.03. The zero-order chi connectivity index (χ0) is 13.1. The highest BCUT2D eigenvalue weighted by atomic mass is 19.1. The molecule has 2 N–H and O–H groups in total. The number of nitrogens with two attached hydrogens (primary N) is 1. The van der Waals surface area contributed by atoms with E-state index in [1.165, 1.54) is 6.07 Å². The van der Waals surface area contributed by atoms with Crippen LogP contribution in [0.2, 0.25) is 0 Å². The summed E-state index contributed by atoms with van der Waals surface area (Å²) in [6.45, 7) is 4.66. The van der Waals surface area contributed by atoms with Gasteiger partial charge in [0.1, 0.15) is 5.82 Å². The van der Waals surface area contributed by atoms with Gasteiger partial charge in [0.25, 0.3) is 0 Å². The van der Waals surface area contributed by atoms with Crippen molar-refractivity contribution in [3.05, 3.63) is 53.8 Å². The van der Waals surface area contributed by atoms with Crippen LogP contribution in [-0.4, -0.2) is 6.54 Å². The first-order chi connectivity index (χ1) is 8.61. The van der Waals surface area contributed by atoms with Crippen molar-refractivity contribution in [2.45, 2.75) is 13.8 Å². The first kappa shape index (κ1) is 12.4. The fourth-order valence-corrected chi connectivity index (χ4v) is 2.11. The second-order valence-corrected chi connectivity index (χ2v) is 4.30. The third kappa shape index (κ3) is 2.45. The topological polar surface area (TPSA) is 29.3 Å². The lowest BCUT2D eigenvalue weighted by molar-refractivity contribution is 0.625. The van der Waals surface area contributed by atoms with Gasteiger partial charge in [-0.05, 0) is 49.7 Å². The third-order valence-electron chi connectivity index (χ3n) is 2.86. The highest BCUT2D eigenvalue weighted by Crippen LogP contribution is 2.29. The summed E-state index contributed by atoms with van der Waals surface area (Å²) in [6, 6.07) is 12.5. The molecule has 0 saturated carbocycles. The monoisotopic (exact) mass is 244 g/mol. The molecule has 0 aliphatic rings. The zero-order valence-electron chi connectivity index (χ0n) is 10.7. The zero-order valence-corrected chi connectivity index (χ0v) is 10.7. The lowest BCUT2D eigenvalue weighted by Gasteiger charge is -2.24. The number of anilines is 3. The molecule has 0 fully saturated rings. The predicted molar refractivity (Wildman–Crippen MR) is 74.7 cm³/mol. The third-order valence-corrected chi connectivity index (χ3v) is 2.86. The molecule has 2 aromatic carbocycles. The summed E-state index contributed by atoms with van der Waals surface area (Å²) in [4.78, 5) is 1.92. The molecule has 0 amide bonds. The highest BCUT2D eigenvalue weighted by molar-refractivity contribution is 5.67. The van der Waals surface area contributed by atoms with Crippen LogP contribution in [0.15, 0.2) is 42.5 Å². The first-order valence-corrected chi connectivity index (χ1v) is 6.01. The fourth-order valence-electron chi connectivity index (χ4n) is 2.11. The lowest BCUT2D eigenvalue weighted by Crippen LogP contribution is -2.17. The smallest absolute Gasteiger partial charge is 0.146 e. The Labute approximate surface area is 107 Å². The summed E-state index contributed by atoms with van der Waals surface area (Å²) in [7, 11) is 0. The Kier molecular flexibility index (Phi) is 3.51. The van der Waals surface area contributed by atoms with E-state index in [9.17, 15) is 4.39 Å². The Balaban J connectivity index is 2.48. The van der Waals surface area contributed by atoms with Crippen molar-refractivity contribution in [3.8, 4) is 0 Å². The minimum atomic E-state index is -0.223. The van der Waals surface area contributed by atoms with Crippen LogP contribution in [-0.2, 0) is 0 Å². The van der Waals surface area contributed by atoms with E-state index >= 15 is 0 Å². The van der Waals surface area contributed by atoms with Crippen molar-refractivity contribution < 1.29 is 4.39 Å². The quantitative estimate of drug-likeness (QED) is 0.830. The molecule has 0 unspecified atom stereocenters. The second-order valence-electron chi connectivity index (χ2n) is 4.30. The van der Waals surface area contributed by atoms with E-state index in [1.807, 2.05) is 43.0 Å². The molecule has 0 radical (unpaired) electrons. The standard InChI is InChI=1S/C15H17FN2/c1-3-18(15-7-5-4-6-14(15)16)13-9-11(2)8-12(17)10-13/h4-10H,3,17H2,1-2H3. The minimum absolute atomic E-state index is 0.223. The molecule has 0 aromatic heterocycles. The van der Waals surface area contributed by atoms with Gasteiger partial charge in [-0.3, -0.25) is 0 Å². The Morgan fingerprint density at radius 3 is 2.50 bits per heavy atom. The van der Waals surface area contributed by atoms with Crippen LogP contribution in [0.25, 0.3) is 0 Å². The highest BCUT2D eigenvalue weighted by Gasteiger charge is 2.12. The first-order valence-electron chi connectivity index (χ1n) is 6.01. The number of para-hydroxylation sites is 1. The van der Waals surface area contributed by atoms with E-state index in [0.717, 1.165) is 11.3 Å². The molecular weight excluding hydrogens is 227 g/mol. The van der Waals surface area contributed by atoms with E-state index in [1.54, 1.807) is 12.1 Å². The minimum Gasteiger partial charge on any atom is -0.399 e. The number of halogens is 1. The Bertz CT molecular complexity index is 532. The van der Waals surface area contributed by atoms with Crippen molar-refractivity contribution in [2.24, 2.45) is 0 Å². The number of benzene rings is 2. The van der Waals surface area contributed by atoms with Crippen LogP contribution in [0.5, 0.6) is 0 Å². The number of hydrogen-bond donors (Lipinski definition) is 1. The molecule has 0 heterocycles. The van der Waals surface area contributed by atoms with Gasteiger partial charge >= 0.3 is 0 Å². The number of rotatable bonds is 3. The van der Waals surface area contributed by atoms with E-state index in [2.05, 4.69) is 0 Å². The molecule has 0 aliphatic carbocycles.